The number of carbonyl (C=O) groups is 4. The van der Waals surface area contributed by atoms with Crippen LogP contribution in [-0.4, -0.2) is 64.1 Å². The number of rotatable bonds is 13. The summed E-state index contributed by atoms with van der Waals surface area (Å²) >= 11 is 0. The van der Waals surface area contributed by atoms with Crippen LogP contribution in [0.25, 0.3) is 21.7 Å². The minimum atomic E-state index is -1.35. The van der Waals surface area contributed by atoms with Crippen molar-refractivity contribution in [2.24, 2.45) is 5.73 Å². The van der Waals surface area contributed by atoms with Gasteiger partial charge < -0.3 is 31.5 Å². The summed E-state index contributed by atoms with van der Waals surface area (Å²) in [5.74, 6) is -2.28. The molecule has 258 valence electrons. The van der Waals surface area contributed by atoms with E-state index in [-0.39, 0.29) is 30.4 Å². The molecule has 5 aromatic rings. The number of aliphatic hydroxyl groups excluding tert-OH is 1. The highest BCUT2D eigenvalue weighted by molar-refractivity contribution is 6.09. The number of ether oxygens (including phenoxy) is 1. The number of amides is 4. The zero-order chi connectivity index (χ0) is 35.8. The molecule has 4 amide bonds. The van der Waals surface area contributed by atoms with E-state index >= 15 is 0 Å². The highest BCUT2D eigenvalue weighted by atomic mass is 16.5. The number of hydrogen-bond acceptors (Lipinski definition) is 7. The van der Waals surface area contributed by atoms with Crippen LogP contribution in [0.1, 0.15) is 53.6 Å². The Morgan fingerprint density at radius 3 is 2.18 bits per heavy atom. The van der Waals surface area contributed by atoms with E-state index in [0.29, 0.717) is 16.5 Å². The third-order valence-electron chi connectivity index (χ3n) is 7.96. The van der Waals surface area contributed by atoms with Crippen LogP contribution in [0.15, 0.2) is 103 Å². The van der Waals surface area contributed by atoms with Gasteiger partial charge in [0.05, 0.1) is 23.5 Å². The molecule has 11 nitrogen and oxygen atoms in total. The lowest BCUT2D eigenvalue weighted by Gasteiger charge is -2.27. The van der Waals surface area contributed by atoms with Gasteiger partial charge in [-0.25, -0.2) is 4.98 Å². The highest BCUT2D eigenvalue weighted by Gasteiger charge is 2.30. The second kappa shape index (κ2) is 15.6. The number of benzene rings is 4. The van der Waals surface area contributed by atoms with Crippen molar-refractivity contribution in [2.75, 3.05) is 6.61 Å². The van der Waals surface area contributed by atoms with E-state index in [9.17, 15) is 24.3 Å². The number of nitrogens with one attached hydrogen (secondary N) is 3. The number of para-hydroxylation sites is 1. The van der Waals surface area contributed by atoms with Gasteiger partial charge in [-0.3, -0.25) is 19.2 Å². The van der Waals surface area contributed by atoms with Crippen LogP contribution in [0, 0.1) is 0 Å². The molecule has 50 heavy (non-hydrogen) atoms. The summed E-state index contributed by atoms with van der Waals surface area (Å²) in [5, 5.41) is 22.2. The van der Waals surface area contributed by atoms with Crippen molar-refractivity contribution in [1.82, 2.24) is 20.9 Å². The maximum absolute atomic E-state index is 13.7. The Hall–Kier alpha value is -5.81. The minimum absolute atomic E-state index is 0.0573. The van der Waals surface area contributed by atoms with Gasteiger partial charge in [0.1, 0.15) is 30.2 Å². The second-order valence-corrected chi connectivity index (χ2v) is 13.1. The van der Waals surface area contributed by atoms with Gasteiger partial charge in [0.25, 0.3) is 11.8 Å². The number of aromatic nitrogens is 1. The van der Waals surface area contributed by atoms with E-state index in [1.807, 2.05) is 93.6 Å². The van der Waals surface area contributed by atoms with E-state index in [1.54, 1.807) is 24.3 Å². The van der Waals surface area contributed by atoms with E-state index in [4.69, 9.17) is 10.5 Å². The molecule has 1 heterocycles. The first kappa shape index (κ1) is 35.5. The molecule has 0 aliphatic heterocycles. The van der Waals surface area contributed by atoms with E-state index in [0.717, 1.165) is 16.3 Å². The van der Waals surface area contributed by atoms with Crippen LogP contribution in [0.5, 0.6) is 5.75 Å². The van der Waals surface area contributed by atoms with E-state index in [1.165, 1.54) is 6.07 Å². The number of carbonyl (C=O) groups excluding carboxylic acids is 4. The Balaban J connectivity index is 1.37. The fourth-order valence-corrected chi connectivity index (χ4v) is 5.57. The highest BCUT2D eigenvalue weighted by Crippen LogP contribution is 2.29. The van der Waals surface area contributed by atoms with Crippen LogP contribution >= 0.6 is 0 Å². The second-order valence-electron chi connectivity index (χ2n) is 13.1. The topological polar surface area (TPSA) is 173 Å². The maximum atomic E-state index is 13.7. The Morgan fingerprint density at radius 1 is 0.800 bits per heavy atom. The molecule has 0 unspecified atom stereocenters. The molecule has 3 atom stereocenters. The van der Waals surface area contributed by atoms with Gasteiger partial charge in [0, 0.05) is 10.9 Å². The molecular weight excluding hydrogens is 634 g/mol. The zero-order valence-electron chi connectivity index (χ0n) is 28.2. The number of pyridine rings is 1. The summed E-state index contributed by atoms with van der Waals surface area (Å²) in [6.07, 6.45) is -1.58. The normalized spacial score (nSPS) is 13.2. The molecular formula is C39H41N5O6. The SMILES string of the molecule is CC(C)(C)NC(=O)c1c(OC[C@@H](O)[C@H](Cc2ccccc2)NC(=O)[C@H](CC(N)=O)NC(=O)c2ccc3ccccc3n2)ccc2ccccc12. The van der Waals surface area contributed by atoms with Crippen LogP contribution in [-0.2, 0) is 16.0 Å². The van der Waals surface area contributed by atoms with Crippen LogP contribution in [0.3, 0.4) is 0 Å². The average Bonchev–Trinajstić information content (AvgIpc) is 3.08. The van der Waals surface area contributed by atoms with Gasteiger partial charge >= 0.3 is 0 Å². The Labute approximate surface area is 290 Å². The molecule has 0 bridgehead atoms. The monoisotopic (exact) mass is 675 g/mol. The molecule has 0 saturated heterocycles. The molecule has 11 heteroatoms. The van der Waals surface area contributed by atoms with Gasteiger partial charge in [-0.1, -0.05) is 84.9 Å². The Kier molecular flexibility index (Phi) is 11.1. The summed E-state index contributed by atoms with van der Waals surface area (Å²) < 4.78 is 6.11. The first-order valence-electron chi connectivity index (χ1n) is 16.3. The van der Waals surface area contributed by atoms with E-state index in [2.05, 4.69) is 20.9 Å². The smallest absolute Gasteiger partial charge is 0.270 e. The van der Waals surface area contributed by atoms with Crippen molar-refractivity contribution >= 4 is 45.3 Å². The van der Waals surface area contributed by atoms with Gasteiger partial charge in [-0.05, 0) is 61.7 Å². The molecule has 4 aromatic carbocycles. The minimum Gasteiger partial charge on any atom is -0.490 e. The van der Waals surface area contributed by atoms with Crippen molar-refractivity contribution < 1.29 is 29.0 Å². The molecule has 1 aromatic heterocycles. The molecule has 5 rings (SSSR count). The number of aliphatic hydroxyl groups is 1. The number of hydrogen-bond donors (Lipinski definition) is 5. The molecule has 0 aliphatic carbocycles. The standard InChI is InChI=1S/C39H41N5O6/c1-39(2,3)44-38(49)35-27-15-9-7-13-25(27)18-20-33(35)50-23-32(45)30(21-24-11-5-4-6-12-24)42-37(48)31(22-34(40)46)43-36(47)29-19-17-26-14-8-10-16-28(26)41-29/h4-20,30-32,45H,21-23H2,1-3H3,(H2,40,46)(H,42,48)(H,43,47)(H,44,49)/t30-,31-,32+/m0/s1. The third kappa shape index (κ3) is 9.20. The number of nitrogens with two attached hydrogens (primary N) is 1. The van der Waals surface area contributed by atoms with E-state index < -0.39 is 47.9 Å². The zero-order valence-corrected chi connectivity index (χ0v) is 28.2. The predicted molar refractivity (Wildman–Crippen MR) is 192 cm³/mol. The lowest BCUT2D eigenvalue weighted by Crippen LogP contribution is -2.55. The molecule has 0 saturated carbocycles. The van der Waals surface area contributed by atoms with Gasteiger partial charge in [-0.2, -0.15) is 0 Å². The first-order chi connectivity index (χ1) is 23.9. The fraction of sp³-hybridized carbons (Fsp3) is 0.256. The summed E-state index contributed by atoms with van der Waals surface area (Å²) in [5.41, 5.74) is 6.73. The van der Waals surface area contributed by atoms with Crippen molar-refractivity contribution in [1.29, 1.82) is 0 Å². The molecule has 0 fully saturated rings. The maximum Gasteiger partial charge on any atom is 0.270 e. The largest absolute Gasteiger partial charge is 0.490 e. The quantitative estimate of drug-likeness (QED) is 0.125. The average molecular weight is 676 g/mol. The first-order valence-corrected chi connectivity index (χ1v) is 16.3. The van der Waals surface area contributed by atoms with Crippen molar-refractivity contribution in [3.8, 4) is 5.75 Å². The lowest BCUT2D eigenvalue weighted by molar-refractivity contribution is -0.128. The van der Waals surface area contributed by atoms with Gasteiger partial charge in [0.2, 0.25) is 11.8 Å². The fourth-order valence-electron chi connectivity index (χ4n) is 5.57. The summed E-state index contributed by atoms with van der Waals surface area (Å²) in [6.45, 7) is 5.34. The summed E-state index contributed by atoms with van der Waals surface area (Å²) in [6, 6.07) is 28.4. The Morgan fingerprint density at radius 2 is 1.46 bits per heavy atom. The Bertz CT molecular complexity index is 2010. The number of fused-ring (bicyclic) bond motifs is 2. The third-order valence-corrected chi connectivity index (χ3v) is 7.96. The lowest BCUT2D eigenvalue weighted by atomic mass is 10.00. The predicted octanol–water partition coefficient (Wildman–Crippen LogP) is 4.06. The van der Waals surface area contributed by atoms with Gasteiger partial charge in [0.15, 0.2) is 0 Å². The summed E-state index contributed by atoms with van der Waals surface area (Å²) in [4.78, 5) is 56.8. The van der Waals surface area contributed by atoms with Gasteiger partial charge in [-0.15, -0.1) is 0 Å². The molecule has 0 spiro atoms. The molecule has 6 N–H and O–H groups in total. The van der Waals surface area contributed by atoms with Crippen LogP contribution in [0.4, 0.5) is 0 Å². The van der Waals surface area contributed by atoms with Crippen LogP contribution in [0.2, 0.25) is 0 Å². The molecule has 0 radical (unpaired) electrons. The van der Waals surface area contributed by atoms with Crippen molar-refractivity contribution in [3.05, 3.63) is 120 Å². The number of primary amides is 1. The molecule has 0 aliphatic rings. The van der Waals surface area contributed by atoms with Crippen molar-refractivity contribution in [3.63, 3.8) is 0 Å². The van der Waals surface area contributed by atoms with Crippen LogP contribution < -0.4 is 26.4 Å². The number of nitrogens with zero attached hydrogens (tertiary/aromatic N) is 1. The summed E-state index contributed by atoms with van der Waals surface area (Å²) in [7, 11) is 0. The van der Waals surface area contributed by atoms with Crippen molar-refractivity contribution in [2.45, 2.75) is 57.3 Å².